The van der Waals surface area contributed by atoms with Gasteiger partial charge in [0.25, 0.3) is 0 Å². The largest absolute Gasteiger partial charge is 0.380 e. The van der Waals surface area contributed by atoms with Crippen LogP contribution in [0.3, 0.4) is 0 Å². The SMILES string of the molecule is CCC(O)(c1cccc(Br)c1)c1cc(Br)ccc1F. The fourth-order valence-electron chi connectivity index (χ4n) is 2.11. The summed E-state index contributed by atoms with van der Waals surface area (Å²) in [5.74, 6) is -0.410. The maximum Gasteiger partial charge on any atom is 0.129 e. The van der Waals surface area contributed by atoms with Gasteiger partial charge in [0.2, 0.25) is 0 Å². The van der Waals surface area contributed by atoms with Crippen LogP contribution in [0.25, 0.3) is 0 Å². The van der Waals surface area contributed by atoms with E-state index < -0.39 is 11.4 Å². The molecule has 1 nitrogen and oxygen atoms in total. The van der Waals surface area contributed by atoms with Gasteiger partial charge < -0.3 is 5.11 Å². The number of benzene rings is 2. The summed E-state index contributed by atoms with van der Waals surface area (Å²) in [6, 6.07) is 11.9. The van der Waals surface area contributed by atoms with Crippen molar-refractivity contribution < 1.29 is 9.50 Å². The first kappa shape index (κ1) is 14.7. The van der Waals surface area contributed by atoms with Gasteiger partial charge in [-0.1, -0.05) is 50.9 Å². The van der Waals surface area contributed by atoms with Gasteiger partial charge in [-0.25, -0.2) is 4.39 Å². The predicted molar refractivity (Wildman–Crippen MR) is 81.5 cm³/mol. The minimum absolute atomic E-state index is 0.280. The standard InChI is InChI=1S/C15H13Br2FO/c1-2-15(19,10-4-3-5-11(16)8-10)13-9-12(17)6-7-14(13)18/h3-9,19H,2H2,1H3. The number of halogens is 3. The van der Waals surface area contributed by atoms with Crippen LogP contribution in [0, 0.1) is 5.82 Å². The first-order valence-electron chi connectivity index (χ1n) is 5.91. The van der Waals surface area contributed by atoms with Gasteiger partial charge in [0.1, 0.15) is 11.4 Å². The molecule has 0 aromatic heterocycles. The van der Waals surface area contributed by atoms with Crippen LogP contribution in [-0.4, -0.2) is 5.11 Å². The highest BCUT2D eigenvalue weighted by atomic mass is 79.9. The van der Waals surface area contributed by atoms with Crippen LogP contribution < -0.4 is 0 Å². The van der Waals surface area contributed by atoms with E-state index in [0.29, 0.717) is 12.0 Å². The molecule has 1 N–H and O–H groups in total. The van der Waals surface area contributed by atoms with E-state index >= 15 is 0 Å². The molecular weight excluding hydrogens is 375 g/mol. The number of hydrogen-bond donors (Lipinski definition) is 1. The summed E-state index contributed by atoms with van der Waals surface area (Å²) >= 11 is 6.69. The summed E-state index contributed by atoms with van der Waals surface area (Å²) in [5, 5.41) is 10.9. The van der Waals surface area contributed by atoms with E-state index in [1.165, 1.54) is 6.07 Å². The highest BCUT2D eigenvalue weighted by Crippen LogP contribution is 2.36. The minimum Gasteiger partial charge on any atom is -0.380 e. The Hall–Kier alpha value is -0.710. The summed E-state index contributed by atoms with van der Waals surface area (Å²) < 4.78 is 15.6. The van der Waals surface area contributed by atoms with Crippen molar-refractivity contribution in [2.45, 2.75) is 18.9 Å². The van der Waals surface area contributed by atoms with Crippen molar-refractivity contribution in [3.8, 4) is 0 Å². The Morgan fingerprint density at radius 2 is 1.79 bits per heavy atom. The molecule has 2 aromatic rings. The molecule has 0 aliphatic heterocycles. The molecule has 0 spiro atoms. The second kappa shape index (κ2) is 5.73. The highest BCUT2D eigenvalue weighted by Gasteiger charge is 2.32. The van der Waals surface area contributed by atoms with E-state index in [9.17, 15) is 9.50 Å². The molecule has 0 bridgehead atoms. The summed E-state index contributed by atoms with van der Waals surface area (Å²) in [5.41, 5.74) is -0.388. The molecule has 0 amide bonds. The first-order chi connectivity index (χ1) is 8.97. The molecular formula is C15H13Br2FO. The van der Waals surface area contributed by atoms with Crippen LogP contribution in [0.5, 0.6) is 0 Å². The number of hydrogen-bond acceptors (Lipinski definition) is 1. The molecule has 1 atom stereocenters. The molecule has 0 saturated carbocycles. The highest BCUT2D eigenvalue weighted by molar-refractivity contribution is 9.10. The third-order valence-corrected chi connectivity index (χ3v) is 4.17. The van der Waals surface area contributed by atoms with Crippen LogP contribution >= 0.6 is 31.9 Å². The Bertz CT molecular complexity index is 600. The van der Waals surface area contributed by atoms with Crippen LogP contribution in [0.15, 0.2) is 51.4 Å². The summed E-state index contributed by atoms with van der Waals surface area (Å²) in [4.78, 5) is 0. The second-order valence-electron chi connectivity index (χ2n) is 4.35. The Morgan fingerprint density at radius 1 is 1.11 bits per heavy atom. The lowest BCUT2D eigenvalue weighted by molar-refractivity contribution is 0.0724. The zero-order valence-electron chi connectivity index (χ0n) is 10.3. The Labute approximate surface area is 128 Å². The van der Waals surface area contributed by atoms with Gasteiger partial charge in [0, 0.05) is 14.5 Å². The second-order valence-corrected chi connectivity index (χ2v) is 6.18. The van der Waals surface area contributed by atoms with Gasteiger partial charge in [0.15, 0.2) is 0 Å². The first-order valence-corrected chi connectivity index (χ1v) is 7.50. The lowest BCUT2D eigenvalue weighted by Gasteiger charge is -2.28. The van der Waals surface area contributed by atoms with Crippen molar-refractivity contribution >= 4 is 31.9 Å². The quantitative estimate of drug-likeness (QED) is 0.785. The fourth-order valence-corrected chi connectivity index (χ4v) is 2.87. The van der Waals surface area contributed by atoms with E-state index in [2.05, 4.69) is 31.9 Å². The average molecular weight is 388 g/mol. The topological polar surface area (TPSA) is 20.2 Å². The molecule has 0 aliphatic rings. The Morgan fingerprint density at radius 3 is 2.42 bits per heavy atom. The molecule has 19 heavy (non-hydrogen) atoms. The maximum absolute atomic E-state index is 14.0. The lowest BCUT2D eigenvalue weighted by atomic mass is 9.84. The lowest BCUT2D eigenvalue weighted by Crippen LogP contribution is -2.27. The number of aliphatic hydroxyl groups is 1. The van der Waals surface area contributed by atoms with Gasteiger partial charge >= 0.3 is 0 Å². The molecule has 0 radical (unpaired) electrons. The molecule has 2 rings (SSSR count). The van der Waals surface area contributed by atoms with E-state index in [-0.39, 0.29) is 5.56 Å². The summed E-state index contributed by atoms with van der Waals surface area (Å²) in [7, 11) is 0. The number of rotatable bonds is 3. The monoisotopic (exact) mass is 386 g/mol. The van der Waals surface area contributed by atoms with Crippen LogP contribution in [0.1, 0.15) is 24.5 Å². The smallest absolute Gasteiger partial charge is 0.129 e. The third kappa shape index (κ3) is 2.91. The molecule has 4 heteroatoms. The van der Waals surface area contributed by atoms with Crippen LogP contribution in [0.2, 0.25) is 0 Å². The maximum atomic E-state index is 14.0. The van der Waals surface area contributed by atoms with Crippen molar-refractivity contribution in [3.63, 3.8) is 0 Å². The van der Waals surface area contributed by atoms with Crippen molar-refractivity contribution in [2.75, 3.05) is 0 Å². The third-order valence-electron chi connectivity index (χ3n) is 3.19. The van der Waals surface area contributed by atoms with Gasteiger partial charge in [0.05, 0.1) is 0 Å². The minimum atomic E-state index is -1.34. The molecule has 2 aromatic carbocycles. The Kier molecular flexibility index (Phi) is 4.43. The normalized spacial score (nSPS) is 14.2. The molecule has 0 fully saturated rings. The van der Waals surface area contributed by atoms with E-state index in [4.69, 9.17) is 0 Å². The van der Waals surface area contributed by atoms with E-state index in [1.807, 2.05) is 25.1 Å². The molecule has 0 heterocycles. The van der Waals surface area contributed by atoms with Crippen molar-refractivity contribution in [2.24, 2.45) is 0 Å². The van der Waals surface area contributed by atoms with Gasteiger partial charge in [-0.15, -0.1) is 0 Å². The van der Waals surface area contributed by atoms with Crippen LogP contribution in [-0.2, 0) is 5.60 Å². The van der Waals surface area contributed by atoms with Crippen molar-refractivity contribution in [1.82, 2.24) is 0 Å². The van der Waals surface area contributed by atoms with E-state index in [0.717, 1.165) is 8.95 Å². The molecule has 0 aliphatic carbocycles. The van der Waals surface area contributed by atoms with Crippen molar-refractivity contribution in [3.05, 3.63) is 68.4 Å². The van der Waals surface area contributed by atoms with E-state index in [1.54, 1.807) is 18.2 Å². The molecule has 100 valence electrons. The average Bonchev–Trinajstić information content (AvgIpc) is 2.40. The predicted octanol–water partition coefficient (Wildman–Crippen LogP) is 5.00. The summed E-state index contributed by atoms with van der Waals surface area (Å²) in [6.45, 7) is 1.83. The zero-order chi connectivity index (χ0) is 14.0. The summed E-state index contributed by atoms with van der Waals surface area (Å²) in [6.07, 6.45) is 0.386. The molecule has 1 unspecified atom stereocenters. The zero-order valence-corrected chi connectivity index (χ0v) is 13.5. The fraction of sp³-hybridized carbons (Fsp3) is 0.200. The Balaban J connectivity index is 2.62. The van der Waals surface area contributed by atoms with Gasteiger partial charge in [-0.3, -0.25) is 0 Å². The van der Waals surface area contributed by atoms with Gasteiger partial charge in [-0.05, 0) is 42.3 Å². The van der Waals surface area contributed by atoms with Crippen molar-refractivity contribution in [1.29, 1.82) is 0 Å². The van der Waals surface area contributed by atoms with Crippen LogP contribution in [0.4, 0.5) is 4.39 Å². The molecule has 0 saturated heterocycles. The van der Waals surface area contributed by atoms with Gasteiger partial charge in [-0.2, -0.15) is 0 Å².